The summed E-state index contributed by atoms with van der Waals surface area (Å²) < 4.78 is 11.8. The minimum atomic E-state index is -0.760. The smallest absolute Gasteiger partial charge is 0.212 e. The molecule has 0 amide bonds. The van der Waals surface area contributed by atoms with Crippen LogP contribution in [0.5, 0.6) is 0 Å². The lowest BCUT2D eigenvalue weighted by Crippen LogP contribution is -2.34. The Morgan fingerprint density at radius 2 is 1.33 bits per heavy atom. The zero-order chi connectivity index (χ0) is 12.8. The third-order valence-corrected chi connectivity index (χ3v) is 3.52. The van der Waals surface area contributed by atoms with Gasteiger partial charge in [0.05, 0.1) is 0 Å². The fraction of sp³-hybridized carbons (Fsp3) is 0.200. The molecule has 0 atom stereocenters. The topological polar surface area (TPSA) is 18.5 Å². The zero-order valence-corrected chi connectivity index (χ0v) is 12.8. The van der Waals surface area contributed by atoms with Crippen LogP contribution in [0.15, 0.2) is 60.7 Å². The molecule has 2 aromatic carbocycles. The first-order valence-electron chi connectivity index (χ1n) is 6.13. The first-order chi connectivity index (χ1) is 8.83. The third kappa shape index (κ3) is 2.38. The van der Waals surface area contributed by atoms with Gasteiger partial charge < -0.3 is 9.16 Å². The van der Waals surface area contributed by atoms with E-state index in [2.05, 4.69) is 0 Å². The second-order valence-corrected chi connectivity index (χ2v) is 4.39. The third-order valence-electron chi connectivity index (χ3n) is 2.94. The minimum absolute atomic E-state index is 0.603. The van der Waals surface area contributed by atoms with Crippen molar-refractivity contribution in [3.8, 4) is 0 Å². The monoisotopic (exact) mass is 258 g/mol. The predicted octanol–water partition coefficient (Wildman–Crippen LogP) is 2.22. The number of benzene rings is 2. The van der Waals surface area contributed by atoms with E-state index in [9.17, 15) is 0 Å². The van der Waals surface area contributed by atoms with Gasteiger partial charge in [0.1, 0.15) is 0 Å². The molecule has 0 heterocycles. The predicted molar refractivity (Wildman–Crippen MR) is 76.3 cm³/mol. The van der Waals surface area contributed by atoms with E-state index in [1.165, 1.54) is 0 Å². The van der Waals surface area contributed by atoms with Gasteiger partial charge >= 0.3 is 0 Å². The molecule has 0 bridgehead atoms. The van der Waals surface area contributed by atoms with Crippen molar-refractivity contribution in [2.75, 3.05) is 6.61 Å². The summed E-state index contributed by atoms with van der Waals surface area (Å²) in [5.74, 6) is -0.760. The van der Waals surface area contributed by atoms with Crippen molar-refractivity contribution in [2.24, 2.45) is 0 Å². The maximum absolute atomic E-state index is 5.96. The van der Waals surface area contributed by atoms with Gasteiger partial charge in [-0.3, -0.25) is 0 Å². The second kappa shape index (κ2) is 5.95. The van der Waals surface area contributed by atoms with Crippen LogP contribution in [0.2, 0.25) is 0 Å². The fourth-order valence-electron chi connectivity index (χ4n) is 2.15. The van der Waals surface area contributed by atoms with Crippen LogP contribution >= 0.6 is 0 Å². The Bertz CT molecular complexity index is 431. The standard InChI is InChI=1S/C15H18O2Si/c1-2-16-15(17-18,13-9-5-3-6-10-13)14-11-7-4-8-12-14/h3-12H,2H2,1,18H3. The zero-order valence-electron chi connectivity index (χ0n) is 10.8. The lowest BCUT2D eigenvalue weighted by atomic mass is 9.97. The molecule has 0 saturated carbocycles. The molecule has 0 fully saturated rings. The Balaban J connectivity index is 2.53. The van der Waals surface area contributed by atoms with Crippen molar-refractivity contribution >= 4 is 10.5 Å². The summed E-state index contributed by atoms with van der Waals surface area (Å²) in [6.45, 7) is 2.59. The Morgan fingerprint density at radius 1 is 0.889 bits per heavy atom. The summed E-state index contributed by atoms with van der Waals surface area (Å²) in [5.41, 5.74) is 2.07. The van der Waals surface area contributed by atoms with E-state index in [1.807, 2.05) is 67.6 Å². The first kappa shape index (κ1) is 13.0. The van der Waals surface area contributed by atoms with Gasteiger partial charge in [-0.25, -0.2) is 0 Å². The molecule has 3 heteroatoms. The van der Waals surface area contributed by atoms with Gasteiger partial charge in [-0.15, -0.1) is 0 Å². The molecule has 18 heavy (non-hydrogen) atoms. The number of hydrogen-bond acceptors (Lipinski definition) is 2. The van der Waals surface area contributed by atoms with Crippen LogP contribution in [0, 0.1) is 0 Å². The normalized spacial score (nSPS) is 11.6. The second-order valence-electron chi connectivity index (χ2n) is 3.99. The number of rotatable bonds is 5. The Morgan fingerprint density at radius 3 is 1.67 bits per heavy atom. The summed E-state index contributed by atoms with van der Waals surface area (Å²) in [4.78, 5) is 0. The van der Waals surface area contributed by atoms with Crippen molar-refractivity contribution in [1.82, 2.24) is 0 Å². The molecule has 0 radical (unpaired) electrons. The lowest BCUT2D eigenvalue weighted by molar-refractivity contribution is -0.154. The Kier molecular flexibility index (Phi) is 4.31. The van der Waals surface area contributed by atoms with Gasteiger partial charge in [-0.05, 0) is 6.92 Å². The number of ether oxygens (including phenoxy) is 1. The molecule has 94 valence electrons. The molecule has 0 saturated heterocycles. The van der Waals surface area contributed by atoms with Crippen LogP contribution in [0.4, 0.5) is 0 Å². The molecule has 0 N–H and O–H groups in total. The van der Waals surface area contributed by atoms with Crippen molar-refractivity contribution in [2.45, 2.75) is 12.7 Å². The Labute approximate surface area is 111 Å². The molecule has 0 aliphatic carbocycles. The molecule has 2 aromatic rings. The van der Waals surface area contributed by atoms with Crippen LogP contribution in [0.25, 0.3) is 0 Å². The molecule has 0 aromatic heterocycles. The van der Waals surface area contributed by atoms with Gasteiger partial charge in [-0.2, -0.15) is 0 Å². The quantitative estimate of drug-likeness (QED) is 0.605. The van der Waals surface area contributed by atoms with Crippen molar-refractivity contribution in [3.05, 3.63) is 71.8 Å². The van der Waals surface area contributed by atoms with Crippen LogP contribution < -0.4 is 0 Å². The fourth-order valence-corrected chi connectivity index (χ4v) is 2.74. The van der Waals surface area contributed by atoms with E-state index in [1.54, 1.807) is 0 Å². The highest BCUT2D eigenvalue weighted by molar-refractivity contribution is 5.98. The average molecular weight is 258 g/mol. The molecule has 0 aliphatic heterocycles. The van der Waals surface area contributed by atoms with Gasteiger partial charge in [0.25, 0.3) is 0 Å². The highest BCUT2D eigenvalue weighted by Crippen LogP contribution is 2.33. The van der Waals surface area contributed by atoms with E-state index in [-0.39, 0.29) is 0 Å². The SMILES string of the molecule is CCOC(O[SiH3])(c1ccccc1)c1ccccc1. The van der Waals surface area contributed by atoms with E-state index in [0.717, 1.165) is 11.1 Å². The number of hydrogen-bond donors (Lipinski definition) is 0. The summed E-state index contributed by atoms with van der Waals surface area (Å²) in [6, 6.07) is 20.2. The Hall–Kier alpha value is -1.42. The highest BCUT2D eigenvalue weighted by atomic mass is 28.2. The molecule has 2 nitrogen and oxygen atoms in total. The van der Waals surface area contributed by atoms with E-state index in [4.69, 9.17) is 9.16 Å². The highest BCUT2D eigenvalue weighted by Gasteiger charge is 2.34. The molecular formula is C15H18O2Si. The maximum Gasteiger partial charge on any atom is 0.212 e. The van der Waals surface area contributed by atoms with Crippen LogP contribution in [-0.2, 0) is 14.9 Å². The summed E-state index contributed by atoms with van der Waals surface area (Å²) in [7, 11) is 0.605. The minimum Gasteiger partial charge on any atom is -0.394 e. The van der Waals surface area contributed by atoms with Gasteiger partial charge in [-0.1, -0.05) is 60.7 Å². The van der Waals surface area contributed by atoms with E-state index in [0.29, 0.717) is 17.1 Å². The average Bonchev–Trinajstić information content (AvgIpc) is 2.47. The summed E-state index contributed by atoms with van der Waals surface area (Å²) >= 11 is 0. The van der Waals surface area contributed by atoms with Crippen molar-refractivity contribution in [3.63, 3.8) is 0 Å². The van der Waals surface area contributed by atoms with E-state index >= 15 is 0 Å². The summed E-state index contributed by atoms with van der Waals surface area (Å²) in [6.07, 6.45) is 0. The van der Waals surface area contributed by atoms with Gasteiger partial charge in [0.15, 0.2) is 10.5 Å². The molecule has 0 aliphatic rings. The maximum atomic E-state index is 5.96. The largest absolute Gasteiger partial charge is 0.394 e. The summed E-state index contributed by atoms with van der Waals surface area (Å²) in [5, 5.41) is 0. The molecular weight excluding hydrogens is 240 g/mol. The van der Waals surface area contributed by atoms with Gasteiger partial charge in [0.2, 0.25) is 5.79 Å². The van der Waals surface area contributed by atoms with E-state index < -0.39 is 5.79 Å². The van der Waals surface area contributed by atoms with Crippen molar-refractivity contribution in [1.29, 1.82) is 0 Å². The van der Waals surface area contributed by atoms with Gasteiger partial charge in [0, 0.05) is 17.7 Å². The van der Waals surface area contributed by atoms with Crippen LogP contribution in [0.3, 0.4) is 0 Å². The molecule has 0 unspecified atom stereocenters. The molecule has 2 rings (SSSR count). The van der Waals surface area contributed by atoms with Crippen molar-refractivity contribution < 1.29 is 9.16 Å². The molecule has 0 spiro atoms. The first-order valence-corrected chi connectivity index (χ1v) is 6.95. The lowest BCUT2D eigenvalue weighted by Gasteiger charge is -2.33. The van der Waals surface area contributed by atoms with Crippen LogP contribution in [-0.4, -0.2) is 17.1 Å². The van der Waals surface area contributed by atoms with Crippen LogP contribution in [0.1, 0.15) is 18.1 Å².